The number of ether oxygens (including phenoxy) is 1. The molecule has 0 bridgehead atoms. The maximum Gasteiger partial charge on any atom is 0.418 e. The number of hydrogen-bond acceptors (Lipinski definition) is 4. The molecule has 0 unspecified atom stereocenters. The van der Waals surface area contributed by atoms with Gasteiger partial charge >= 0.3 is 6.09 Å². The van der Waals surface area contributed by atoms with Gasteiger partial charge in [-0.2, -0.15) is 0 Å². The molecule has 0 radical (unpaired) electrons. The van der Waals surface area contributed by atoms with E-state index in [1.807, 2.05) is 42.6 Å². The lowest BCUT2D eigenvalue weighted by Gasteiger charge is -2.33. The topological polar surface area (TPSA) is 79.5 Å². The molecule has 1 saturated carbocycles. The Morgan fingerprint density at radius 2 is 1.72 bits per heavy atom. The highest BCUT2D eigenvalue weighted by atomic mass is 19.3. The van der Waals surface area contributed by atoms with Crippen molar-refractivity contribution >= 4 is 28.7 Å². The van der Waals surface area contributed by atoms with E-state index in [0.717, 1.165) is 26.9 Å². The molecule has 1 aliphatic carbocycles. The molecule has 1 saturated heterocycles. The first-order valence-corrected chi connectivity index (χ1v) is 10.4. The minimum absolute atomic E-state index is 0.241. The van der Waals surface area contributed by atoms with Crippen LogP contribution in [0.3, 0.4) is 0 Å². The van der Waals surface area contributed by atoms with Crippen LogP contribution in [0.1, 0.15) is 36.0 Å². The van der Waals surface area contributed by atoms with Crippen LogP contribution in [0.15, 0.2) is 54.7 Å². The molecule has 1 aromatic heterocycles. The van der Waals surface area contributed by atoms with Crippen molar-refractivity contribution in [2.75, 3.05) is 6.54 Å². The number of amides is 2. The van der Waals surface area contributed by atoms with Crippen molar-refractivity contribution in [3.63, 3.8) is 0 Å². The van der Waals surface area contributed by atoms with Gasteiger partial charge in [-0.05, 0) is 23.3 Å². The Morgan fingerprint density at radius 1 is 1.00 bits per heavy atom. The number of alkyl halides is 2. The van der Waals surface area contributed by atoms with Crippen molar-refractivity contribution in [2.24, 2.45) is 0 Å². The van der Waals surface area contributed by atoms with Crippen LogP contribution in [-0.4, -0.2) is 45.7 Å². The molecule has 8 heteroatoms. The number of ketones is 1. The molecule has 2 heterocycles. The van der Waals surface area contributed by atoms with E-state index in [1.165, 1.54) is 0 Å². The van der Waals surface area contributed by atoms with Gasteiger partial charge in [0.1, 0.15) is 0 Å². The smallest absolute Gasteiger partial charge is 0.418 e. The van der Waals surface area contributed by atoms with E-state index in [4.69, 9.17) is 4.74 Å². The summed E-state index contributed by atoms with van der Waals surface area (Å²) in [5.41, 5.74) is 1.70. The van der Waals surface area contributed by atoms with Crippen molar-refractivity contribution in [1.29, 1.82) is 0 Å². The number of hydrogen-bond donors (Lipinski definition) is 1. The number of aromatic nitrogens is 1. The quantitative estimate of drug-likeness (QED) is 0.585. The lowest BCUT2D eigenvalue weighted by Crippen LogP contribution is -2.47. The minimum atomic E-state index is -2.87. The summed E-state index contributed by atoms with van der Waals surface area (Å²) in [7, 11) is 0. The van der Waals surface area contributed by atoms with Crippen LogP contribution in [0, 0.1) is 0 Å². The second-order valence-corrected chi connectivity index (χ2v) is 8.35. The molecule has 32 heavy (non-hydrogen) atoms. The third-order valence-corrected chi connectivity index (χ3v) is 6.34. The third kappa shape index (κ3) is 3.36. The average Bonchev–Trinajstić information content (AvgIpc) is 3.35. The molecule has 0 atom stereocenters. The number of fused-ring (bicyclic) bond motifs is 1. The molecular formula is C24H20F2N2O4. The zero-order chi connectivity index (χ0) is 22.5. The highest BCUT2D eigenvalue weighted by Gasteiger charge is 2.58. The molecule has 1 aliphatic heterocycles. The van der Waals surface area contributed by atoms with Gasteiger partial charge < -0.3 is 9.72 Å². The predicted molar refractivity (Wildman–Crippen MR) is 112 cm³/mol. The van der Waals surface area contributed by atoms with E-state index >= 15 is 0 Å². The van der Waals surface area contributed by atoms with Gasteiger partial charge in [0.2, 0.25) is 5.92 Å². The number of halogens is 2. The maximum absolute atomic E-state index is 13.5. The van der Waals surface area contributed by atoms with E-state index < -0.39 is 48.7 Å². The second-order valence-electron chi connectivity index (χ2n) is 8.35. The normalized spacial score (nSPS) is 19.5. The van der Waals surface area contributed by atoms with Gasteiger partial charge in [-0.3, -0.25) is 9.59 Å². The van der Waals surface area contributed by atoms with Crippen molar-refractivity contribution < 1.29 is 27.9 Å². The summed E-state index contributed by atoms with van der Waals surface area (Å²) in [5.74, 6) is -4.00. The number of carbonyl (C=O) groups excluding carboxylic acids is 3. The Morgan fingerprint density at radius 3 is 2.44 bits per heavy atom. The van der Waals surface area contributed by atoms with E-state index in [0.29, 0.717) is 5.56 Å². The molecule has 164 valence electrons. The molecular weight excluding hydrogens is 418 g/mol. The summed E-state index contributed by atoms with van der Waals surface area (Å²) < 4.78 is 32.2. The highest BCUT2D eigenvalue weighted by molar-refractivity contribution is 6.08. The summed E-state index contributed by atoms with van der Waals surface area (Å²) >= 11 is 0. The summed E-state index contributed by atoms with van der Waals surface area (Å²) in [6, 6.07) is 14.8. The van der Waals surface area contributed by atoms with E-state index in [1.54, 1.807) is 12.1 Å². The second kappa shape index (κ2) is 7.25. The minimum Gasteiger partial charge on any atom is -0.432 e. The molecule has 3 aromatic rings. The zero-order valence-electron chi connectivity index (χ0n) is 17.1. The number of Topliss-reactive ketones (excluding diaryl/α,β-unsaturated/α-hetero) is 1. The number of carbonyl (C=O) groups is 3. The van der Waals surface area contributed by atoms with E-state index in [-0.39, 0.29) is 12.8 Å². The first kappa shape index (κ1) is 20.4. The number of nitrogens with one attached hydrogen (secondary N) is 1. The van der Waals surface area contributed by atoms with Crippen LogP contribution in [0.25, 0.3) is 22.0 Å². The number of aromatic amines is 1. The van der Waals surface area contributed by atoms with Crippen LogP contribution in [0.4, 0.5) is 13.6 Å². The molecule has 2 aliphatic rings. The predicted octanol–water partition coefficient (Wildman–Crippen LogP) is 4.94. The Balaban J connectivity index is 1.32. The first-order valence-electron chi connectivity index (χ1n) is 10.4. The molecule has 1 spiro atoms. The fourth-order valence-electron chi connectivity index (χ4n) is 4.47. The lowest BCUT2D eigenvalue weighted by atomic mass is 9.82. The standard InChI is InChI=1S/C24H20F2N2O4/c25-24(26)11-9-23(10-12-24)21(30)28(22(31)32-23)14-20(29)16-6-4-15(5-7-16)17-2-1-3-19-18(17)8-13-27-19/h1-8,13,27H,9-12,14H2. The van der Waals surface area contributed by atoms with Crippen molar-refractivity contribution in [1.82, 2.24) is 9.88 Å². The Kier molecular flexibility index (Phi) is 4.62. The molecule has 1 N–H and O–H groups in total. The number of imide groups is 1. The SMILES string of the molecule is O=C(CN1C(=O)OC2(CCC(F)(F)CC2)C1=O)c1ccc(-c2cccc3[nH]ccc23)cc1. The van der Waals surface area contributed by atoms with Crippen molar-refractivity contribution in [2.45, 2.75) is 37.2 Å². The average molecular weight is 438 g/mol. The molecule has 6 nitrogen and oxygen atoms in total. The lowest BCUT2D eigenvalue weighted by molar-refractivity contribution is -0.146. The first-order chi connectivity index (χ1) is 15.3. The van der Waals surface area contributed by atoms with Crippen molar-refractivity contribution in [3.8, 4) is 11.1 Å². The Labute approximate surface area is 182 Å². The fourth-order valence-corrected chi connectivity index (χ4v) is 4.47. The van der Waals surface area contributed by atoms with Gasteiger partial charge in [0.15, 0.2) is 11.4 Å². The van der Waals surface area contributed by atoms with Gasteiger partial charge in [0.05, 0.1) is 6.54 Å². The summed E-state index contributed by atoms with van der Waals surface area (Å²) in [6.07, 6.45) is -0.627. The van der Waals surface area contributed by atoms with Gasteiger partial charge in [-0.15, -0.1) is 0 Å². The number of rotatable bonds is 4. The van der Waals surface area contributed by atoms with Gasteiger partial charge in [0, 0.05) is 48.3 Å². The van der Waals surface area contributed by atoms with Crippen LogP contribution >= 0.6 is 0 Å². The number of benzene rings is 2. The Bertz CT molecular complexity index is 1220. The molecule has 2 amide bonds. The Hall–Kier alpha value is -3.55. The van der Waals surface area contributed by atoms with Gasteiger partial charge in [0.25, 0.3) is 5.91 Å². The monoisotopic (exact) mass is 438 g/mol. The van der Waals surface area contributed by atoms with Crippen LogP contribution in [-0.2, 0) is 9.53 Å². The summed E-state index contributed by atoms with van der Waals surface area (Å²) in [6.45, 7) is -0.484. The number of H-pyrrole nitrogens is 1. The van der Waals surface area contributed by atoms with Crippen LogP contribution in [0.2, 0.25) is 0 Å². The summed E-state index contributed by atoms with van der Waals surface area (Å²) in [5, 5.41) is 1.06. The maximum atomic E-state index is 13.5. The van der Waals surface area contributed by atoms with E-state index in [9.17, 15) is 23.2 Å². The van der Waals surface area contributed by atoms with Crippen LogP contribution in [0.5, 0.6) is 0 Å². The van der Waals surface area contributed by atoms with E-state index in [2.05, 4.69) is 4.98 Å². The van der Waals surface area contributed by atoms with Gasteiger partial charge in [-0.25, -0.2) is 18.5 Å². The van der Waals surface area contributed by atoms with Crippen molar-refractivity contribution in [3.05, 3.63) is 60.3 Å². The third-order valence-electron chi connectivity index (χ3n) is 6.34. The largest absolute Gasteiger partial charge is 0.432 e. The molecule has 5 rings (SSSR count). The zero-order valence-corrected chi connectivity index (χ0v) is 17.1. The van der Waals surface area contributed by atoms with Gasteiger partial charge in [-0.1, -0.05) is 36.4 Å². The molecule has 2 aromatic carbocycles. The fraction of sp³-hybridized carbons (Fsp3) is 0.292. The van der Waals surface area contributed by atoms with Crippen LogP contribution < -0.4 is 0 Å². The highest BCUT2D eigenvalue weighted by Crippen LogP contribution is 2.44. The number of nitrogens with zero attached hydrogens (tertiary/aromatic N) is 1. The summed E-state index contributed by atoms with van der Waals surface area (Å²) in [4.78, 5) is 41.7. The molecule has 2 fully saturated rings.